The van der Waals surface area contributed by atoms with E-state index >= 15 is 0 Å². The van der Waals surface area contributed by atoms with E-state index in [2.05, 4.69) is 80.5 Å². The molecule has 0 bridgehead atoms. The van der Waals surface area contributed by atoms with Crippen LogP contribution in [-0.4, -0.2) is 21.5 Å². The van der Waals surface area contributed by atoms with E-state index < -0.39 is 0 Å². The van der Waals surface area contributed by atoms with Gasteiger partial charge in [-0.2, -0.15) is 0 Å². The third kappa shape index (κ3) is 4.18. The first kappa shape index (κ1) is 20.4. The van der Waals surface area contributed by atoms with Crippen LogP contribution < -0.4 is 5.32 Å². The highest BCUT2D eigenvalue weighted by atomic mass is 16.2. The molecule has 0 unspecified atom stereocenters. The van der Waals surface area contributed by atoms with Crippen LogP contribution in [0.25, 0.3) is 16.8 Å². The Bertz CT molecular complexity index is 1010. The normalized spacial score (nSPS) is 21.4. The molecule has 30 heavy (non-hydrogen) atoms. The molecule has 3 atom stereocenters. The van der Waals surface area contributed by atoms with Gasteiger partial charge in [-0.3, -0.25) is 9.36 Å². The van der Waals surface area contributed by atoms with Gasteiger partial charge in [-0.25, -0.2) is 4.98 Å². The molecular weight excluding hydrogens is 370 g/mol. The largest absolute Gasteiger partial charge is 0.348 e. The lowest BCUT2D eigenvalue weighted by Gasteiger charge is -2.34. The topological polar surface area (TPSA) is 46.9 Å². The summed E-state index contributed by atoms with van der Waals surface area (Å²) in [6.07, 6.45) is 6.85. The first-order valence-electron chi connectivity index (χ1n) is 10.9. The highest BCUT2D eigenvalue weighted by molar-refractivity contribution is 5.93. The van der Waals surface area contributed by atoms with Crippen LogP contribution in [0, 0.1) is 25.7 Å². The number of benzene rings is 2. The lowest BCUT2D eigenvalue weighted by Crippen LogP contribution is -2.44. The van der Waals surface area contributed by atoms with E-state index in [-0.39, 0.29) is 11.9 Å². The van der Waals surface area contributed by atoms with Crippen molar-refractivity contribution in [3.8, 4) is 16.8 Å². The first-order chi connectivity index (χ1) is 14.4. The molecule has 4 nitrogen and oxygen atoms in total. The highest BCUT2D eigenvalue weighted by Crippen LogP contribution is 2.30. The number of carbonyl (C=O) groups is 1. The molecule has 156 valence electrons. The number of nitrogens with one attached hydrogen (secondary N) is 1. The minimum atomic E-state index is -0.0446. The second-order valence-corrected chi connectivity index (χ2v) is 8.92. The Hall–Kier alpha value is -2.88. The van der Waals surface area contributed by atoms with Crippen LogP contribution >= 0.6 is 0 Å². The van der Waals surface area contributed by atoms with E-state index in [0.717, 1.165) is 12.1 Å². The standard InChI is InChI=1S/C26H31N3O/c1-17-12-18(2)14-22(13-17)21-8-10-23(11-9-21)29-16-27-15-25(29)26(30)28-24-7-5-6-19(3)20(24)4/h8-16,19-20,24H,5-7H2,1-4H3,(H,28,30)/t19-,20+,24+/m0/s1. The van der Waals surface area contributed by atoms with Gasteiger partial charge in [-0.15, -0.1) is 0 Å². The van der Waals surface area contributed by atoms with Gasteiger partial charge in [0.05, 0.1) is 12.5 Å². The smallest absolute Gasteiger partial charge is 0.270 e. The lowest BCUT2D eigenvalue weighted by molar-refractivity contribution is 0.0884. The maximum atomic E-state index is 13.0. The summed E-state index contributed by atoms with van der Waals surface area (Å²) in [6, 6.07) is 15.1. The summed E-state index contributed by atoms with van der Waals surface area (Å²) in [4.78, 5) is 17.3. The zero-order valence-corrected chi connectivity index (χ0v) is 18.4. The number of amides is 1. The Labute approximate surface area is 179 Å². The summed E-state index contributed by atoms with van der Waals surface area (Å²) >= 11 is 0. The molecule has 0 radical (unpaired) electrons. The Morgan fingerprint density at radius 3 is 2.40 bits per heavy atom. The number of aryl methyl sites for hydroxylation is 2. The predicted octanol–water partition coefficient (Wildman–Crippen LogP) is 5.71. The first-order valence-corrected chi connectivity index (χ1v) is 10.9. The number of hydrogen-bond acceptors (Lipinski definition) is 2. The number of hydrogen-bond donors (Lipinski definition) is 1. The van der Waals surface area contributed by atoms with Gasteiger partial charge in [0.2, 0.25) is 0 Å². The van der Waals surface area contributed by atoms with Crippen molar-refractivity contribution in [2.45, 2.75) is 53.0 Å². The number of aromatic nitrogens is 2. The number of rotatable bonds is 4. The summed E-state index contributed by atoms with van der Waals surface area (Å²) in [6.45, 7) is 8.77. The molecule has 1 heterocycles. The number of nitrogens with zero attached hydrogens (tertiary/aromatic N) is 2. The van der Waals surface area contributed by atoms with E-state index in [1.165, 1.54) is 35.1 Å². The third-order valence-corrected chi connectivity index (χ3v) is 6.59. The number of carbonyl (C=O) groups excluding carboxylic acids is 1. The van der Waals surface area contributed by atoms with Crippen LogP contribution in [0.5, 0.6) is 0 Å². The second kappa shape index (κ2) is 8.47. The van der Waals surface area contributed by atoms with Crippen molar-refractivity contribution in [1.82, 2.24) is 14.9 Å². The van der Waals surface area contributed by atoms with Crippen molar-refractivity contribution < 1.29 is 4.79 Å². The quantitative estimate of drug-likeness (QED) is 0.608. The van der Waals surface area contributed by atoms with Gasteiger partial charge in [0.1, 0.15) is 5.69 Å². The highest BCUT2D eigenvalue weighted by Gasteiger charge is 2.29. The fraction of sp³-hybridized carbons (Fsp3) is 0.385. The zero-order valence-electron chi connectivity index (χ0n) is 18.4. The maximum Gasteiger partial charge on any atom is 0.270 e. The molecule has 1 aliphatic carbocycles. The molecule has 0 aliphatic heterocycles. The van der Waals surface area contributed by atoms with E-state index in [1.54, 1.807) is 12.5 Å². The van der Waals surface area contributed by atoms with Gasteiger partial charge in [-0.05, 0) is 55.4 Å². The molecule has 3 aromatic rings. The van der Waals surface area contributed by atoms with Crippen LogP contribution in [0.15, 0.2) is 55.0 Å². The molecule has 1 fully saturated rings. The van der Waals surface area contributed by atoms with Gasteiger partial charge in [0.15, 0.2) is 0 Å². The molecule has 4 heteroatoms. The van der Waals surface area contributed by atoms with Gasteiger partial charge in [0, 0.05) is 11.7 Å². The van der Waals surface area contributed by atoms with Gasteiger partial charge >= 0.3 is 0 Å². The minimum absolute atomic E-state index is 0.0446. The molecule has 1 amide bonds. The average Bonchev–Trinajstić information content (AvgIpc) is 3.21. The third-order valence-electron chi connectivity index (χ3n) is 6.59. The van der Waals surface area contributed by atoms with Gasteiger partial charge in [0.25, 0.3) is 5.91 Å². The SMILES string of the molecule is Cc1cc(C)cc(-c2ccc(-n3cncc3C(=O)N[C@@H]3CCC[C@H](C)[C@H]3C)cc2)c1. The maximum absolute atomic E-state index is 13.0. The van der Waals surface area contributed by atoms with E-state index in [9.17, 15) is 4.79 Å². The summed E-state index contributed by atoms with van der Waals surface area (Å²) in [5.41, 5.74) is 6.42. The Balaban J connectivity index is 1.54. The minimum Gasteiger partial charge on any atom is -0.348 e. The molecule has 1 aromatic heterocycles. The monoisotopic (exact) mass is 401 g/mol. The Morgan fingerprint density at radius 2 is 1.70 bits per heavy atom. The second-order valence-electron chi connectivity index (χ2n) is 8.92. The van der Waals surface area contributed by atoms with Crippen LogP contribution in [0.1, 0.15) is 54.7 Å². The van der Waals surface area contributed by atoms with Crippen LogP contribution in [-0.2, 0) is 0 Å². The summed E-state index contributed by atoms with van der Waals surface area (Å²) in [5.74, 6) is 1.10. The molecular formula is C26H31N3O. The van der Waals surface area contributed by atoms with Crippen LogP contribution in [0.3, 0.4) is 0 Å². The van der Waals surface area contributed by atoms with Crippen LogP contribution in [0.4, 0.5) is 0 Å². The fourth-order valence-electron chi connectivity index (χ4n) is 4.65. The fourth-order valence-corrected chi connectivity index (χ4v) is 4.65. The summed E-state index contributed by atoms with van der Waals surface area (Å²) in [5, 5.41) is 3.26. The van der Waals surface area contributed by atoms with Crippen molar-refractivity contribution >= 4 is 5.91 Å². The Morgan fingerprint density at radius 1 is 1.00 bits per heavy atom. The summed E-state index contributed by atoms with van der Waals surface area (Å²) in [7, 11) is 0. The molecule has 0 spiro atoms. The number of imidazole rings is 1. The summed E-state index contributed by atoms with van der Waals surface area (Å²) < 4.78 is 1.87. The molecule has 2 aromatic carbocycles. The van der Waals surface area contributed by atoms with Crippen molar-refractivity contribution in [3.05, 3.63) is 71.8 Å². The van der Waals surface area contributed by atoms with Gasteiger partial charge in [-0.1, -0.05) is 68.1 Å². The Kier molecular flexibility index (Phi) is 5.76. The molecule has 1 aliphatic rings. The van der Waals surface area contributed by atoms with E-state index in [4.69, 9.17) is 0 Å². The molecule has 1 saturated carbocycles. The predicted molar refractivity (Wildman–Crippen MR) is 122 cm³/mol. The molecule has 1 N–H and O–H groups in total. The van der Waals surface area contributed by atoms with Crippen molar-refractivity contribution in [1.29, 1.82) is 0 Å². The zero-order chi connectivity index (χ0) is 21.3. The van der Waals surface area contributed by atoms with Crippen LogP contribution in [0.2, 0.25) is 0 Å². The van der Waals surface area contributed by atoms with Crippen molar-refractivity contribution in [2.75, 3.05) is 0 Å². The van der Waals surface area contributed by atoms with Crippen molar-refractivity contribution in [2.24, 2.45) is 11.8 Å². The van der Waals surface area contributed by atoms with E-state index in [1.807, 2.05) is 4.57 Å². The van der Waals surface area contributed by atoms with Gasteiger partial charge < -0.3 is 5.32 Å². The lowest BCUT2D eigenvalue weighted by atomic mass is 9.78. The molecule has 0 saturated heterocycles. The van der Waals surface area contributed by atoms with Crippen molar-refractivity contribution in [3.63, 3.8) is 0 Å². The average molecular weight is 402 g/mol. The molecule has 4 rings (SSSR count). The van der Waals surface area contributed by atoms with E-state index in [0.29, 0.717) is 17.5 Å².